The van der Waals surface area contributed by atoms with Gasteiger partial charge in [-0.05, 0) is 63.9 Å². The minimum Gasteiger partial charge on any atom is -0.468 e. The first-order valence-electron chi connectivity index (χ1n) is 10.3. The second kappa shape index (κ2) is 9.78. The Morgan fingerprint density at radius 3 is 2.64 bits per heavy atom. The SMILES string of the molecule is CN=C(NCCc1c(C)nn(C)c1C)NCC(c1ccco1)N1CCCCC1. The molecule has 7 nitrogen and oxygen atoms in total. The normalized spacial score (nSPS) is 16.9. The number of rotatable bonds is 7. The highest BCUT2D eigenvalue weighted by atomic mass is 16.3. The fourth-order valence-corrected chi connectivity index (χ4v) is 4.02. The molecule has 2 N–H and O–H groups in total. The van der Waals surface area contributed by atoms with Crippen LogP contribution in [0.5, 0.6) is 0 Å². The average Bonchev–Trinajstić information content (AvgIpc) is 3.31. The van der Waals surface area contributed by atoms with Gasteiger partial charge in [-0.1, -0.05) is 6.42 Å². The Morgan fingerprint density at radius 2 is 2.04 bits per heavy atom. The van der Waals surface area contributed by atoms with Crippen molar-refractivity contribution in [2.45, 2.75) is 45.6 Å². The van der Waals surface area contributed by atoms with Gasteiger partial charge in [0.15, 0.2) is 5.96 Å². The third kappa shape index (κ3) is 4.95. The predicted octanol–water partition coefficient (Wildman–Crippen LogP) is 2.56. The number of piperidine rings is 1. The number of aromatic nitrogens is 2. The van der Waals surface area contributed by atoms with Gasteiger partial charge in [0, 0.05) is 32.9 Å². The molecule has 7 heteroatoms. The summed E-state index contributed by atoms with van der Waals surface area (Å²) in [5, 5.41) is 11.4. The number of guanidine groups is 1. The molecule has 0 saturated carbocycles. The quantitative estimate of drug-likeness (QED) is 0.565. The molecule has 0 aromatic carbocycles. The lowest BCUT2D eigenvalue weighted by atomic mass is 10.1. The van der Waals surface area contributed by atoms with Crippen molar-refractivity contribution in [3.8, 4) is 0 Å². The lowest BCUT2D eigenvalue weighted by Crippen LogP contribution is -2.44. The van der Waals surface area contributed by atoms with Crippen molar-refractivity contribution in [2.24, 2.45) is 12.0 Å². The van der Waals surface area contributed by atoms with Crippen LogP contribution in [0.3, 0.4) is 0 Å². The largest absolute Gasteiger partial charge is 0.468 e. The van der Waals surface area contributed by atoms with E-state index in [1.54, 1.807) is 6.26 Å². The maximum absolute atomic E-state index is 5.73. The molecule has 1 saturated heterocycles. The van der Waals surface area contributed by atoms with E-state index in [2.05, 4.69) is 45.5 Å². The molecule has 0 bridgehead atoms. The number of hydrogen-bond acceptors (Lipinski definition) is 4. The highest BCUT2D eigenvalue weighted by Gasteiger charge is 2.24. The Bertz CT molecular complexity index is 758. The lowest BCUT2D eigenvalue weighted by molar-refractivity contribution is 0.146. The Balaban J connectivity index is 1.54. The van der Waals surface area contributed by atoms with Crippen LogP contribution in [0.1, 0.15) is 48.0 Å². The van der Waals surface area contributed by atoms with Crippen LogP contribution in [0.2, 0.25) is 0 Å². The van der Waals surface area contributed by atoms with Gasteiger partial charge in [0.2, 0.25) is 0 Å². The van der Waals surface area contributed by atoms with Crippen LogP contribution in [0.15, 0.2) is 27.8 Å². The molecule has 1 aliphatic rings. The zero-order valence-corrected chi connectivity index (χ0v) is 17.7. The molecule has 1 fully saturated rings. The smallest absolute Gasteiger partial charge is 0.191 e. The molecule has 1 aliphatic heterocycles. The first-order valence-corrected chi connectivity index (χ1v) is 10.3. The van der Waals surface area contributed by atoms with Crippen molar-refractivity contribution in [1.82, 2.24) is 25.3 Å². The summed E-state index contributed by atoms with van der Waals surface area (Å²) in [5.41, 5.74) is 3.64. The highest BCUT2D eigenvalue weighted by Crippen LogP contribution is 2.24. The summed E-state index contributed by atoms with van der Waals surface area (Å²) in [5.74, 6) is 1.85. The van der Waals surface area contributed by atoms with Gasteiger partial charge < -0.3 is 15.1 Å². The molecule has 1 unspecified atom stereocenters. The summed E-state index contributed by atoms with van der Waals surface area (Å²) >= 11 is 0. The molecule has 28 heavy (non-hydrogen) atoms. The van der Waals surface area contributed by atoms with Crippen molar-refractivity contribution < 1.29 is 4.42 Å². The topological polar surface area (TPSA) is 70.6 Å². The second-order valence-electron chi connectivity index (χ2n) is 7.53. The second-order valence-corrected chi connectivity index (χ2v) is 7.53. The Kier molecular flexibility index (Phi) is 7.14. The molecule has 1 atom stereocenters. The molecular weight excluding hydrogens is 352 g/mol. The minimum atomic E-state index is 0.233. The molecule has 2 aromatic rings. The molecule has 154 valence electrons. The van der Waals surface area contributed by atoms with Gasteiger partial charge in [-0.2, -0.15) is 5.10 Å². The van der Waals surface area contributed by atoms with Crippen molar-refractivity contribution >= 4 is 5.96 Å². The van der Waals surface area contributed by atoms with Gasteiger partial charge in [-0.15, -0.1) is 0 Å². The van der Waals surface area contributed by atoms with Gasteiger partial charge in [-0.25, -0.2) is 0 Å². The van der Waals surface area contributed by atoms with E-state index in [0.29, 0.717) is 0 Å². The zero-order valence-electron chi connectivity index (χ0n) is 17.7. The van der Waals surface area contributed by atoms with Crippen molar-refractivity contribution in [3.05, 3.63) is 41.1 Å². The molecule has 2 aromatic heterocycles. The molecular formula is C21H34N6O. The monoisotopic (exact) mass is 386 g/mol. The Labute approximate surface area is 168 Å². The molecule has 0 amide bonds. The summed E-state index contributed by atoms with van der Waals surface area (Å²) in [7, 11) is 3.81. The van der Waals surface area contributed by atoms with Crippen molar-refractivity contribution in [3.63, 3.8) is 0 Å². The number of nitrogens with one attached hydrogen (secondary N) is 2. The molecule has 0 spiro atoms. The molecule has 3 heterocycles. The van der Waals surface area contributed by atoms with Crippen LogP contribution in [0.25, 0.3) is 0 Å². The summed E-state index contributed by atoms with van der Waals surface area (Å²) < 4.78 is 7.68. The number of aryl methyl sites for hydroxylation is 2. The number of nitrogens with zero attached hydrogens (tertiary/aromatic N) is 4. The number of aliphatic imine (C=N–C) groups is 1. The Morgan fingerprint density at radius 1 is 1.25 bits per heavy atom. The summed E-state index contributed by atoms with van der Waals surface area (Å²) in [4.78, 5) is 6.91. The average molecular weight is 387 g/mol. The summed E-state index contributed by atoms with van der Waals surface area (Å²) in [6, 6.07) is 4.28. The van der Waals surface area contributed by atoms with E-state index in [0.717, 1.165) is 50.0 Å². The van der Waals surface area contributed by atoms with E-state index in [1.807, 2.05) is 24.8 Å². The highest BCUT2D eigenvalue weighted by molar-refractivity contribution is 5.79. The van der Waals surface area contributed by atoms with Crippen LogP contribution in [-0.4, -0.2) is 53.9 Å². The maximum atomic E-state index is 5.73. The minimum absolute atomic E-state index is 0.233. The van der Waals surface area contributed by atoms with E-state index in [4.69, 9.17) is 4.42 Å². The lowest BCUT2D eigenvalue weighted by Gasteiger charge is -2.33. The van der Waals surface area contributed by atoms with Crippen LogP contribution in [-0.2, 0) is 13.5 Å². The van der Waals surface area contributed by atoms with E-state index in [-0.39, 0.29) is 6.04 Å². The standard InChI is InChI=1S/C21H34N6O/c1-16-18(17(2)26(4)25-16)10-11-23-21(22-3)24-15-19(20-9-8-14-28-20)27-12-6-5-7-13-27/h8-9,14,19H,5-7,10-13,15H2,1-4H3,(H2,22,23,24). The predicted molar refractivity (Wildman–Crippen MR) is 113 cm³/mol. The van der Waals surface area contributed by atoms with Gasteiger partial charge >= 0.3 is 0 Å². The first kappa shape index (κ1) is 20.5. The molecule has 0 aliphatic carbocycles. The summed E-state index contributed by atoms with van der Waals surface area (Å²) in [6.45, 7) is 8.04. The molecule has 0 radical (unpaired) electrons. The fourth-order valence-electron chi connectivity index (χ4n) is 4.02. The van der Waals surface area contributed by atoms with Crippen LogP contribution in [0, 0.1) is 13.8 Å². The van der Waals surface area contributed by atoms with Crippen LogP contribution >= 0.6 is 0 Å². The van der Waals surface area contributed by atoms with E-state index >= 15 is 0 Å². The zero-order chi connectivity index (χ0) is 19.9. The van der Waals surface area contributed by atoms with Gasteiger partial charge in [-0.3, -0.25) is 14.6 Å². The van der Waals surface area contributed by atoms with Gasteiger partial charge in [0.05, 0.1) is 18.0 Å². The maximum Gasteiger partial charge on any atom is 0.191 e. The molecule has 3 rings (SSSR count). The van der Waals surface area contributed by atoms with Gasteiger partial charge in [0.1, 0.15) is 5.76 Å². The van der Waals surface area contributed by atoms with Crippen LogP contribution in [0.4, 0.5) is 0 Å². The van der Waals surface area contributed by atoms with E-state index in [1.165, 1.54) is 30.5 Å². The third-order valence-corrected chi connectivity index (χ3v) is 5.72. The van der Waals surface area contributed by atoms with Crippen molar-refractivity contribution in [1.29, 1.82) is 0 Å². The number of likely N-dealkylation sites (tertiary alicyclic amines) is 1. The van der Waals surface area contributed by atoms with E-state index in [9.17, 15) is 0 Å². The van der Waals surface area contributed by atoms with Crippen molar-refractivity contribution in [2.75, 3.05) is 33.2 Å². The fraction of sp³-hybridized carbons (Fsp3) is 0.619. The van der Waals surface area contributed by atoms with E-state index < -0.39 is 0 Å². The third-order valence-electron chi connectivity index (χ3n) is 5.72. The summed E-state index contributed by atoms with van der Waals surface area (Å²) in [6.07, 6.45) is 6.53. The Hall–Kier alpha value is -2.28. The van der Waals surface area contributed by atoms with Gasteiger partial charge in [0.25, 0.3) is 0 Å². The number of hydrogen-bond donors (Lipinski definition) is 2. The first-order chi connectivity index (χ1) is 13.6. The van der Waals surface area contributed by atoms with Crippen LogP contribution < -0.4 is 10.6 Å². The number of furan rings is 1.